The summed E-state index contributed by atoms with van der Waals surface area (Å²) in [5.41, 5.74) is 2.07. The van der Waals surface area contributed by atoms with Gasteiger partial charge < -0.3 is 10.1 Å². The van der Waals surface area contributed by atoms with Crippen LogP contribution in [0.5, 0.6) is 5.88 Å². The van der Waals surface area contributed by atoms with E-state index in [9.17, 15) is 10.4 Å². The number of benzene rings is 2. The van der Waals surface area contributed by atoms with Crippen LogP contribution in [0, 0.1) is 11.3 Å². The molecular formula is C16H11N3O. The first-order chi connectivity index (χ1) is 9.79. The third kappa shape index (κ3) is 2.02. The van der Waals surface area contributed by atoms with Crippen LogP contribution in [-0.4, -0.2) is 15.8 Å². The van der Waals surface area contributed by atoms with Gasteiger partial charge in [-0.15, -0.1) is 0 Å². The second kappa shape index (κ2) is 4.90. The Balaban J connectivity index is 2.21. The van der Waals surface area contributed by atoms with Crippen LogP contribution >= 0.6 is 0 Å². The van der Waals surface area contributed by atoms with Gasteiger partial charge in [0.05, 0.1) is 11.3 Å². The Labute approximate surface area is 115 Å². The van der Waals surface area contributed by atoms with E-state index in [1.54, 1.807) is 0 Å². The van der Waals surface area contributed by atoms with E-state index in [1.165, 1.54) is 0 Å². The van der Waals surface area contributed by atoms with E-state index < -0.39 is 0 Å². The fraction of sp³-hybridized carbons (Fsp3) is 0. The van der Waals surface area contributed by atoms with Crippen LogP contribution in [0.3, 0.4) is 0 Å². The summed E-state index contributed by atoms with van der Waals surface area (Å²) < 4.78 is 0. The first-order valence-electron chi connectivity index (χ1n) is 6.13. The number of nitriles is 1. The zero-order valence-corrected chi connectivity index (χ0v) is 10.5. The normalized spacial score (nSPS) is 11.4. The molecule has 0 aliphatic carbocycles. The summed E-state index contributed by atoms with van der Waals surface area (Å²) in [6.45, 7) is 0. The highest BCUT2D eigenvalue weighted by Gasteiger charge is 2.16. The van der Waals surface area contributed by atoms with Crippen LogP contribution in [-0.2, 0) is 0 Å². The minimum atomic E-state index is -0.0394. The molecule has 3 aromatic rings. The molecule has 0 amide bonds. The lowest BCUT2D eigenvalue weighted by atomic mass is 10.1. The van der Waals surface area contributed by atoms with Crippen molar-refractivity contribution >= 4 is 22.3 Å². The highest BCUT2D eigenvalue weighted by Crippen LogP contribution is 2.28. The van der Waals surface area contributed by atoms with Gasteiger partial charge in [0, 0.05) is 10.9 Å². The number of H-pyrrole nitrogens is 1. The molecule has 4 heteroatoms. The summed E-state index contributed by atoms with van der Waals surface area (Å²) >= 11 is 0. The molecule has 0 unspecified atom stereocenters. The maximum atomic E-state index is 10.0. The van der Waals surface area contributed by atoms with Crippen molar-refractivity contribution in [2.75, 3.05) is 0 Å². The van der Waals surface area contributed by atoms with Gasteiger partial charge in [0.2, 0.25) is 0 Å². The summed E-state index contributed by atoms with van der Waals surface area (Å²) in [4.78, 5) is 7.16. The summed E-state index contributed by atoms with van der Waals surface area (Å²) in [5, 5.41) is 20.1. The molecule has 1 heterocycles. The van der Waals surface area contributed by atoms with Crippen LogP contribution in [0.15, 0.2) is 59.6 Å². The van der Waals surface area contributed by atoms with Gasteiger partial charge in [0.1, 0.15) is 6.07 Å². The van der Waals surface area contributed by atoms with Gasteiger partial charge in [0.15, 0.2) is 11.6 Å². The lowest BCUT2D eigenvalue weighted by Gasteiger charge is -1.98. The van der Waals surface area contributed by atoms with E-state index in [0.717, 1.165) is 10.9 Å². The molecule has 0 aliphatic heterocycles. The van der Waals surface area contributed by atoms with Gasteiger partial charge in [-0.05, 0) is 18.2 Å². The molecule has 2 N–H and O–H groups in total. The maximum absolute atomic E-state index is 10.0. The topological polar surface area (TPSA) is 72.2 Å². The molecule has 0 saturated heterocycles. The summed E-state index contributed by atoms with van der Waals surface area (Å²) in [6, 6.07) is 18.7. The van der Waals surface area contributed by atoms with Gasteiger partial charge >= 0.3 is 0 Å². The average molecular weight is 261 g/mol. The first-order valence-corrected chi connectivity index (χ1v) is 6.13. The monoisotopic (exact) mass is 261 g/mol. The molecule has 20 heavy (non-hydrogen) atoms. The molecule has 0 bridgehead atoms. The number of rotatable bonds is 2. The zero-order valence-electron chi connectivity index (χ0n) is 10.5. The Morgan fingerprint density at radius 1 is 1.05 bits per heavy atom. The van der Waals surface area contributed by atoms with Crippen molar-refractivity contribution in [3.8, 4) is 11.9 Å². The van der Waals surface area contributed by atoms with Crippen molar-refractivity contribution in [2.45, 2.75) is 0 Å². The van der Waals surface area contributed by atoms with Crippen LogP contribution in [0.1, 0.15) is 5.56 Å². The number of aromatic hydroxyl groups is 1. The summed E-state index contributed by atoms with van der Waals surface area (Å²) in [5.74, 6) is -0.0394. The fourth-order valence-electron chi connectivity index (χ4n) is 2.14. The molecule has 0 saturated carbocycles. The summed E-state index contributed by atoms with van der Waals surface area (Å²) in [7, 11) is 0. The van der Waals surface area contributed by atoms with E-state index >= 15 is 0 Å². The zero-order chi connectivity index (χ0) is 13.9. The van der Waals surface area contributed by atoms with Gasteiger partial charge in [-0.3, -0.25) is 0 Å². The molecule has 0 atom stereocenters. The quantitative estimate of drug-likeness (QED) is 0.693. The van der Waals surface area contributed by atoms with E-state index in [2.05, 4.69) is 16.0 Å². The maximum Gasteiger partial charge on any atom is 0.199 e. The lowest BCUT2D eigenvalue weighted by Crippen LogP contribution is -1.95. The van der Waals surface area contributed by atoms with E-state index in [-0.39, 0.29) is 11.6 Å². The smallest absolute Gasteiger partial charge is 0.199 e. The van der Waals surface area contributed by atoms with Crippen LogP contribution in [0.4, 0.5) is 5.69 Å². The van der Waals surface area contributed by atoms with Crippen molar-refractivity contribution in [2.24, 2.45) is 4.99 Å². The second-order valence-corrected chi connectivity index (χ2v) is 4.30. The Morgan fingerprint density at radius 2 is 1.75 bits per heavy atom. The fourth-order valence-corrected chi connectivity index (χ4v) is 2.14. The van der Waals surface area contributed by atoms with Crippen LogP contribution in [0.25, 0.3) is 10.9 Å². The molecule has 0 radical (unpaired) electrons. The van der Waals surface area contributed by atoms with Crippen molar-refractivity contribution in [3.63, 3.8) is 0 Å². The predicted octanol–water partition coefficient (Wildman–Crippen LogP) is 3.52. The van der Waals surface area contributed by atoms with Gasteiger partial charge in [-0.25, -0.2) is 4.99 Å². The minimum Gasteiger partial charge on any atom is -0.494 e. The molecule has 4 nitrogen and oxygen atoms in total. The Hall–Kier alpha value is -3.06. The molecule has 0 spiro atoms. The van der Waals surface area contributed by atoms with Crippen molar-refractivity contribution < 1.29 is 5.11 Å². The van der Waals surface area contributed by atoms with E-state index in [4.69, 9.17) is 0 Å². The molecule has 96 valence electrons. The van der Waals surface area contributed by atoms with E-state index in [0.29, 0.717) is 11.3 Å². The highest BCUT2D eigenvalue weighted by atomic mass is 16.3. The van der Waals surface area contributed by atoms with Crippen molar-refractivity contribution in [1.82, 2.24) is 4.98 Å². The molecule has 1 aromatic heterocycles. The number of nitrogens with zero attached hydrogens (tertiary/aromatic N) is 2. The lowest BCUT2D eigenvalue weighted by molar-refractivity contribution is 0.457. The summed E-state index contributed by atoms with van der Waals surface area (Å²) in [6.07, 6.45) is 0. The number of hydrogen-bond donors (Lipinski definition) is 2. The van der Waals surface area contributed by atoms with Crippen LogP contribution < -0.4 is 0 Å². The molecular weight excluding hydrogens is 250 g/mol. The third-order valence-corrected chi connectivity index (χ3v) is 3.03. The minimum absolute atomic E-state index is 0.0394. The van der Waals surface area contributed by atoms with Crippen molar-refractivity contribution in [3.05, 3.63) is 60.2 Å². The van der Waals surface area contributed by atoms with Gasteiger partial charge in [-0.1, -0.05) is 36.4 Å². The SMILES string of the molecule is N#CC(=Nc1ccccc1)c1c(O)[nH]c2ccccc12. The second-order valence-electron chi connectivity index (χ2n) is 4.30. The first kappa shape index (κ1) is 12.0. The molecule has 2 aromatic carbocycles. The van der Waals surface area contributed by atoms with Crippen LogP contribution in [0.2, 0.25) is 0 Å². The molecule has 0 aliphatic rings. The van der Waals surface area contributed by atoms with Gasteiger partial charge in [0.25, 0.3) is 0 Å². The van der Waals surface area contributed by atoms with Crippen molar-refractivity contribution in [1.29, 1.82) is 5.26 Å². The number of nitrogens with one attached hydrogen (secondary N) is 1. The van der Waals surface area contributed by atoms with Gasteiger partial charge in [-0.2, -0.15) is 5.26 Å². The Bertz CT molecular complexity index is 826. The Kier molecular flexibility index (Phi) is 2.94. The number of aromatic nitrogens is 1. The number of hydrogen-bond acceptors (Lipinski definition) is 3. The average Bonchev–Trinajstić information content (AvgIpc) is 2.82. The predicted molar refractivity (Wildman–Crippen MR) is 78.2 cm³/mol. The third-order valence-electron chi connectivity index (χ3n) is 3.03. The molecule has 0 fully saturated rings. The van der Waals surface area contributed by atoms with E-state index in [1.807, 2.05) is 54.6 Å². The molecule has 3 rings (SSSR count). The number of fused-ring (bicyclic) bond motifs is 1. The number of para-hydroxylation sites is 2. The standard InChI is InChI=1S/C16H11N3O/c17-10-14(18-11-6-2-1-3-7-11)15-12-8-4-5-9-13(12)19-16(15)20/h1-9,19-20H. The Morgan fingerprint density at radius 3 is 2.50 bits per heavy atom. The largest absolute Gasteiger partial charge is 0.494 e. The number of aromatic amines is 1. The highest BCUT2D eigenvalue weighted by molar-refractivity contribution is 6.21. The number of aliphatic imine (C=N–C) groups is 1.